The molecule has 0 spiro atoms. The maximum atomic E-state index is 11.2. The molecule has 4 heterocycles. The summed E-state index contributed by atoms with van der Waals surface area (Å²) in [6.45, 7) is 7.85. The summed E-state index contributed by atoms with van der Waals surface area (Å²) in [5, 5.41) is 3.12. The number of carbonyl (C=O) groups excluding carboxylic acids is 1. The summed E-state index contributed by atoms with van der Waals surface area (Å²) >= 11 is 0. The highest BCUT2D eigenvalue weighted by Crippen LogP contribution is 2.28. The Hall–Kier alpha value is -0.650. The van der Waals surface area contributed by atoms with E-state index in [0.29, 0.717) is 0 Å². The number of rotatable bonds is 1. The molecule has 14 heavy (non-hydrogen) atoms. The molecule has 0 radical (unpaired) electrons. The van der Waals surface area contributed by atoms with Gasteiger partial charge in [0.2, 0.25) is 5.91 Å². The SMILES string of the molecule is CC(=O)NC12CN3CN(CN(C3)C1)C2. The van der Waals surface area contributed by atoms with Gasteiger partial charge in [0, 0.05) is 26.6 Å². The highest BCUT2D eigenvalue weighted by atomic mass is 16.1. The van der Waals surface area contributed by atoms with Crippen molar-refractivity contribution < 1.29 is 4.79 Å². The lowest BCUT2D eigenvalue weighted by Gasteiger charge is -2.60. The molecule has 0 saturated carbocycles. The van der Waals surface area contributed by atoms with Gasteiger partial charge in [-0.1, -0.05) is 0 Å². The van der Waals surface area contributed by atoms with Crippen molar-refractivity contribution in [2.24, 2.45) is 0 Å². The fourth-order valence-corrected chi connectivity index (χ4v) is 3.21. The summed E-state index contributed by atoms with van der Waals surface area (Å²) in [7, 11) is 0. The molecule has 1 N–H and O–H groups in total. The van der Waals surface area contributed by atoms with Gasteiger partial charge < -0.3 is 5.32 Å². The van der Waals surface area contributed by atoms with Crippen LogP contribution in [0.2, 0.25) is 0 Å². The van der Waals surface area contributed by atoms with Crippen LogP contribution in [0, 0.1) is 0 Å². The maximum Gasteiger partial charge on any atom is 0.217 e. The average molecular weight is 196 g/mol. The molecule has 78 valence electrons. The van der Waals surface area contributed by atoms with Crippen molar-refractivity contribution in [1.82, 2.24) is 20.0 Å². The van der Waals surface area contributed by atoms with E-state index in [9.17, 15) is 4.79 Å². The summed E-state index contributed by atoms with van der Waals surface area (Å²) in [6, 6.07) is 0. The fourth-order valence-electron chi connectivity index (χ4n) is 3.21. The van der Waals surface area contributed by atoms with Crippen LogP contribution < -0.4 is 5.32 Å². The van der Waals surface area contributed by atoms with Crippen LogP contribution in [0.5, 0.6) is 0 Å². The van der Waals surface area contributed by atoms with Crippen LogP contribution >= 0.6 is 0 Å². The molecule has 5 nitrogen and oxygen atoms in total. The van der Waals surface area contributed by atoms with Gasteiger partial charge in [0.15, 0.2) is 0 Å². The molecule has 4 fully saturated rings. The van der Waals surface area contributed by atoms with E-state index in [1.165, 1.54) is 0 Å². The molecule has 4 aliphatic heterocycles. The largest absolute Gasteiger partial charge is 0.347 e. The Bertz CT molecular complexity index is 243. The highest BCUT2D eigenvalue weighted by molar-refractivity contribution is 5.74. The van der Waals surface area contributed by atoms with E-state index in [2.05, 4.69) is 20.0 Å². The van der Waals surface area contributed by atoms with Crippen LogP contribution in [0.15, 0.2) is 0 Å². The van der Waals surface area contributed by atoms with Crippen molar-refractivity contribution in [1.29, 1.82) is 0 Å². The van der Waals surface area contributed by atoms with Crippen LogP contribution in [-0.4, -0.2) is 65.8 Å². The van der Waals surface area contributed by atoms with Crippen molar-refractivity contribution in [3.63, 3.8) is 0 Å². The molecule has 0 aromatic rings. The summed E-state index contributed by atoms with van der Waals surface area (Å²) in [4.78, 5) is 18.3. The lowest BCUT2D eigenvalue weighted by atomic mass is 9.91. The standard InChI is InChI=1S/C9H16N4O/c1-8(14)10-9-2-11-5-12(3-9)7-13(4-9)6-11/h2-7H2,1H3,(H,10,14). The lowest BCUT2D eigenvalue weighted by molar-refractivity contribution is -0.156. The van der Waals surface area contributed by atoms with Gasteiger partial charge in [-0.25, -0.2) is 0 Å². The molecule has 4 rings (SSSR count). The predicted molar refractivity (Wildman–Crippen MR) is 51.3 cm³/mol. The second-order valence-corrected chi connectivity index (χ2v) is 4.87. The minimum atomic E-state index is 0.000579. The van der Waals surface area contributed by atoms with Gasteiger partial charge in [-0.05, 0) is 0 Å². The summed E-state index contributed by atoms with van der Waals surface area (Å²) in [5.74, 6) is 0.0931. The van der Waals surface area contributed by atoms with Crippen molar-refractivity contribution in [2.75, 3.05) is 39.6 Å². The van der Waals surface area contributed by atoms with E-state index in [0.717, 1.165) is 39.6 Å². The molecule has 5 heteroatoms. The quantitative estimate of drug-likeness (QED) is 0.564. The molecular weight excluding hydrogens is 180 g/mol. The predicted octanol–water partition coefficient (Wildman–Crippen LogP) is -1.32. The van der Waals surface area contributed by atoms with Crippen molar-refractivity contribution >= 4 is 5.91 Å². The Morgan fingerprint density at radius 2 is 1.50 bits per heavy atom. The van der Waals surface area contributed by atoms with Crippen molar-refractivity contribution in [3.05, 3.63) is 0 Å². The third-order valence-electron chi connectivity index (χ3n) is 3.22. The molecule has 4 aliphatic rings. The van der Waals surface area contributed by atoms with E-state index < -0.39 is 0 Å². The van der Waals surface area contributed by atoms with Crippen LogP contribution in [-0.2, 0) is 4.79 Å². The zero-order valence-corrected chi connectivity index (χ0v) is 8.49. The van der Waals surface area contributed by atoms with Gasteiger partial charge in [-0.3, -0.25) is 19.5 Å². The second-order valence-electron chi connectivity index (χ2n) is 4.87. The third kappa shape index (κ3) is 1.24. The first kappa shape index (κ1) is 8.64. The molecule has 1 amide bonds. The van der Waals surface area contributed by atoms with E-state index in [1.807, 2.05) is 0 Å². The molecule has 0 unspecified atom stereocenters. The molecule has 4 saturated heterocycles. The van der Waals surface area contributed by atoms with Crippen LogP contribution in [0.25, 0.3) is 0 Å². The van der Waals surface area contributed by atoms with Crippen LogP contribution in [0.4, 0.5) is 0 Å². The minimum absolute atomic E-state index is 0.000579. The monoisotopic (exact) mass is 196 g/mol. The molecule has 0 aromatic carbocycles. The van der Waals surface area contributed by atoms with Gasteiger partial charge in [0.25, 0.3) is 0 Å². The highest BCUT2D eigenvalue weighted by Gasteiger charge is 2.48. The third-order valence-corrected chi connectivity index (χ3v) is 3.22. The zero-order chi connectivity index (χ0) is 9.76. The Morgan fingerprint density at radius 3 is 1.86 bits per heavy atom. The Morgan fingerprint density at radius 1 is 1.07 bits per heavy atom. The molecule has 0 aliphatic carbocycles. The van der Waals surface area contributed by atoms with E-state index in [4.69, 9.17) is 0 Å². The van der Waals surface area contributed by atoms with Gasteiger partial charge >= 0.3 is 0 Å². The van der Waals surface area contributed by atoms with Gasteiger partial charge in [0.1, 0.15) is 0 Å². The van der Waals surface area contributed by atoms with Gasteiger partial charge in [-0.15, -0.1) is 0 Å². The number of nitrogens with zero attached hydrogens (tertiary/aromatic N) is 3. The Labute approximate surface area is 83.6 Å². The Balaban J connectivity index is 1.83. The first-order chi connectivity index (χ1) is 6.65. The van der Waals surface area contributed by atoms with E-state index in [1.54, 1.807) is 6.92 Å². The van der Waals surface area contributed by atoms with Crippen molar-refractivity contribution in [3.8, 4) is 0 Å². The van der Waals surface area contributed by atoms with Crippen molar-refractivity contribution in [2.45, 2.75) is 12.5 Å². The first-order valence-electron chi connectivity index (χ1n) is 5.11. The first-order valence-corrected chi connectivity index (χ1v) is 5.11. The van der Waals surface area contributed by atoms with Crippen LogP contribution in [0.1, 0.15) is 6.92 Å². The summed E-state index contributed by atoms with van der Waals surface area (Å²) in [5.41, 5.74) is 0.000579. The normalized spacial score (nSPS) is 49.4. The van der Waals surface area contributed by atoms with Crippen LogP contribution in [0.3, 0.4) is 0 Å². The molecule has 4 bridgehead atoms. The summed E-state index contributed by atoms with van der Waals surface area (Å²) in [6.07, 6.45) is 0. The number of nitrogens with one attached hydrogen (secondary N) is 1. The summed E-state index contributed by atoms with van der Waals surface area (Å²) < 4.78 is 0. The number of carbonyl (C=O) groups is 1. The topological polar surface area (TPSA) is 38.8 Å². The molecule has 0 atom stereocenters. The molecular formula is C9H16N4O. The van der Waals surface area contributed by atoms with Gasteiger partial charge in [-0.2, -0.15) is 0 Å². The minimum Gasteiger partial charge on any atom is -0.347 e. The number of amides is 1. The second kappa shape index (κ2) is 2.68. The maximum absolute atomic E-state index is 11.2. The van der Waals surface area contributed by atoms with Gasteiger partial charge in [0.05, 0.1) is 25.5 Å². The van der Waals surface area contributed by atoms with E-state index >= 15 is 0 Å². The lowest BCUT2D eigenvalue weighted by Crippen LogP contribution is -2.80. The number of hydrogen-bond donors (Lipinski definition) is 1. The fraction of sp³-hybridized carbons (Fsp3) is 0.889. The Kier molecular flexibility index (Phi) is 1.66. The number of hydrogen-bond acceptors (Lipinski definition) is 4. The molecule has 0 aromatic heterocycles. The van der Waals surface area contributed by atoms with E-state index in [-0.39, 0.29) is 11.4 Å². The smallest absolute Gasteiger partial charge is 0.217 e. The zero-order valence-electron chi connectivity index (χ0n) is 8.49. The average Bonchev–Trinajstić information content (AvgIpc) is 1.96.